The second-order valence-corrected chi connectivity index (χ2v) is 6.03. The lowest BCUT2D eigenvalue weighted by Crippen LogP contribution is -2.53. The Kier molecular flexibility index (Phi) is 5.96. The number of guanidine groups is 1. The third kappa shape index (κ3) is 4.79. The molecule has 0 radical (unpaired) electrons. The van der Waals surface area contributed by atoms with Crippen LogP contribution in [-0.4, -0.2) is 56.8 Å². The van der Waals surface area contributed by atoms with Gasteiger partial charge in [-0.1, -0.05) is 12.1 Å². The van der Waals surface area contributed by atoms with Crippen molar-refractivity contribution in [1.29, 1.82) is 0 Å². The maximum atomic E-state index is 12.3. The van der Waals surface area contributed by atoms with Gasteiger partial charge in [0.25, 0.3) is 0 Å². The first-order valence-corrected chi connectivity index (χ1v) is 8.15. The SMILES string of the molecule is CN=C(NCCC(F)(F)F)N1CCN(c2cccc(C)c2C)CC1. The van der Waals surface area contributed by atoms with E-state index in [0.29, 0.717) is 5.96 Å². The molecule has 1 aliphatic heterocycles. The van der Waals surface area contributed by atoms with E-state index in [9.17, 15) is 13.2 Å². The lowest BCUT2D eigenvalue weighted by atomic mass is 10.1. The summed E-state index contributed by atoms with van der Waals surface area (Å²) in [5.41, 5.74) is 3.77. The second kappa shape index (κ2) is 7.77. The number of halogens is 3. The minimum Gasteiger partial charge on any atom is -0.368 e. The van der Waals surface area contributed by atoms with Crippen LogP contribution in [0.15, 0.2) is 23.2 Å². The van der Waals surface area contributed by atoms with Crippen LogP contribution in [0.2, 0.25) is 0 Å². The summed E-state index contributed by atoms with van der Waals surface area (Å²) in [6.45, 7) is 7.19. The molecule has 0 amide bonds. The Balaban J connectivity index is 1.90. The molecule has 1 heterocycles. The predicted molar refractivity (Wildman–Crippen MR) is 91.7 cm³/mol. The molecule has 0 aliphatic carbocycles. The normalized spacial score (nSPS) is 16.5. The molecule has 1 N–H and O–H groups in total. The smallest absolute Gasteiger partial charge is 0.368 e. The summed E-state index contributed by atoms with van der Waals surface area (Å²) in [6.07, 6.45) is -5.00. The molecule has 134 valence electrons. The van der Waals surface area contributed by atoms with Gasteiger partial charge in [-0.05, 0) is 31.0 Å². The number of aryl methyl sites for hydroxylation is 1. The molecule has 0 bridgehead atoms. The van der Waals surface area contributed by atoms with E-state index in [0.717, 1.165) is 26.2 Å². The zero-order valence-electron chi connectivity index (χ0n) is 14.5. The molecule has 1 aliphatic rings. The van der Waals surface area contributed by atoms with Crippen molar-refractivity contribution in [3.63, 3.8) is 0 Å². The fraction of sp³-hybridized carbons (Fsp3) is 0.588. The summed E-state index contributed by atoms with van der Waals surface area (Å²) in [4.78, 5) is 8.44. The summed E-state index contributed by atoms with van der Waals surface area (Å²) in [7, 11) is 1.60. The topological polar surface area (TPSA) is 30.9 Å². The molecule has 1 fully saturated rings. The number of nitrogens with one attached hydrogen (secondary N) is 1. The van der Waals surface area contributed by atoms with Gasteiger partial charge in [0.2, 0.25) is 0 Å². The molecule has 0 spiro atoms. The Hall–Kier alpha value is -1.92. The van der Waals surface area contributed by atoms with E-state index in [1.165, 1.54) is 16.8 Å². The molecule has 1 aromatic carbocycles. The summed E-state index contributed by atoms with van der Waals surface area (Å²) in [5.74, 6) is 0.542. The van der Waals surface area contributed by atoms with Gasteiger partial charge < -0.3 is 15.1 Å². The molecule has 1 aromatic rings. The molecule has 0 aromatic heterocycles. The molecular formula is C17H25F3N4. The first-order valence-electron chi connectivity index (χ1n) is 8.15. The molecule has 24 heavy (non-hydrogen) atoms. The number of aliphatic imine (C=N–C) groups is 1. The van der Waals surface area contributed by atoms with Crippen LogP contribution in [0, 0.1) is 13.8 Å². The fourth-order valence-corrected chi connectivity index (χ4v) is 2.89. The largest absolute Gasteiger partial charge is 0.390 e. The molecule has 0 atom stereocenters. The number of nitrogens with zero attached hydrogens (tertiary/aromatic N) is 3. The maximum Gasteiger partial charge on any atom is 0.390 e. The zero-order valence-corrected chi connectivity index (χ0v) is 14.5. The standard InChI is InChI=1S/C17H25F3N4/c1-13-5-4-6-15(14(13)2)23-9-11-24(12-10-23)16(21-3)22-8-7-17(18,19)20/h4-6H,7-12H2,1-3H3,(H,21,22). The Bertz CT molecular complexity index is 576. The summed E-state index contributed by atoms with van der Waals surface area (Å²) >= 11 is 0. The lowest BCUT2D eigenvalue weighted by molar-refractivity contribution is -0.132. The monoisotopic (exact) mass is 342 g/mol. The van der Waals surface area contributed by atoms with Crippen molar-refractivity contribution < 1.29 is 13.2 Å². The molecule has 4 nitrogen and oxygen atoms in total. The van der Waals surface area contributed by atoms with E-state index in [-0.39, 0.29) is 6.54 Å². The Labute approximate surface area is 141 Å². The van der Waals surface area contributed by atoms with Gasteiger partial charge in [-0.15, -0.1) is 0 Å². The Morgan fingerprint density at radius 3 is 2.42 bits per heavy atom. The Morgan fingerprint density at radius 1 is 1.17 bits per heavy atom. The second-order valence-electron chi connectivity index (χ2n) is 6.03. The van der Waals surface area contributed by atoms with Crippen molar-refractivity contribution in [3.8, 4) is 0 Å². The third-order valence-corrected chi connectivity index (χ3v) is 4.40. The molecular weight excluding hydrogens is 317 g/mol. The highest BCUT2D eigenvalue weighted by atomic mass is 19.4. The molecule has 2 rings (SSSR count). The quantitative estimate of drug-likeness (QED) is 0.677. The first kappa shape index (κ1) is 18.4. The van der Waals surface area contributed by atoms with Gasteiger partial charge in [0.1, 0.15) is 0 Å². The number of alkyl halides is 3. The summed E-state index contributed by atoms with van der Waals surface area (Å²) < 4.78 is 36.8. The number of piperazine rings is 1. The van der Waals surface area contributed by atoms with Crippen molar-refractivity contribution in [2.45, 2.75) is 26.4 Å². The Morgan fingerprint density at radius 2 is 1.83 bits per heavy atom. The van der Waals surface area contributed by atoms with Crippen molar-refractivity contribution in [2.75, 3.05) is 44.7 Å². The number of anilines is 1. The van der Waals surface area contributed by atoms with Crippen LogP contribution < -0.4 is 10.2 Å². The number of benzene rings is 1. The van der Waals surface area contributed by atoms with E-state index in [1.54, 1.807) is 7.05 Å². The van der Waals surface area contributed by atoms with E-state index in [2.05, 4.69) is 47.3 Å². The van der Waals surface area contributed by atoms with Gasteiger partial charge >= 0.3 is 6.18 Å². The summed E-state index contributed by atoms with van der Waals surface area (Å²) in [5, 5.41) is 2.81. The van der Waals surface area contributed by atoms with E-state index < -0.39 is 12.6 Å². The lowest BCUT2D eigenvalue weighted by Gasteiger charge is -2.38. The first-order chi connectivity index (χ1) is 11.3. The average molecular weight is 342 g/mol. The average Bonchev–Trinajstić information content (AvgIpc) is 2.54. The van der Waals surface area contributed by atoms with Crippen LogP contribution in [0.25, 0.3) is 0 Å². The van der Waals surface area contributed by atoms with Crippen LogP contribution in [0.4, 0.5) is 18.9 Å². The summed E-state index contributed by atoms with van der Waals surface area (Å²) in [6, 6.07) is 6.28. The highest BCUT2D eigenvalue weighted by molar-refractivity contribution is 5.80. The van der Waals surface area contributed by atoms with Crippen LogP contribution in [0.1, 0.15) is 17.5 Å². The van der Waals surface area contributed by atoms with Crippen LogP contribution in [0.5, 0.6) is 0 Å². The molecule has 1 saturated heterocycles. The van der Waals surface area contributed by atoms with Crippen LogP contribution >= 0.6 is 0 Å². The van der Waals surface area contributed by atoms with Crippen molar-refractivity contribution in [3.05, 3.63) is 29.3 Å². The van der Waals surface area contributed by atoms with Gasteiger partial charge in [-0.2, -0.15) is 13.2 Å². The highest BCUT2D eigenvalue weighted by Crippen LogP contribution is 2.24. The minimum atomic E-state index is -4.15. The minimum absolute atomic E-state index is 0.145. The van der Waals surface area contributed by atoms with E-state index >= 15 is 0 Å². The van der Waals surface area contributed by atoms with E-state index in [1.807, 2.05) is 4.90 Å². The number of hydrogen-bond acceptors (Lipinski definition) is 2. The van der Waals surface area contributed by atoms with Crippen molar-refractivity contribution >= 4 is 11.6 Å². The van der Waals surface area contributed by atoms with E-state index in [4.69, 9.17) is 0 Å². The van der Waals surface area contributed by atoms with Gasteiger partial charge in [0, 0.05) is 45.5 Å². The van der Waals surface area contributed by atoms with Gasteiger partial charge in [0.15, 0.2) is 5.96 Å². The molecule has 0 saturated carbocycles. The number of hydrogen-bond donors (Lipinski definition) is 1. The third-order valence-electron chi connectivity index (χ3n) is 4.40. The highest BCUT2D eigenvalue weighted by Gasteiger charge is 2.27. The predicted octanol–water partition coefficient (Wildman–Crippen LogP) is 2.95. The van der Waals surface area contributed by atoms with Gasteiger partial charge in [-0.3, -0.25) is 4.99 Å². The van der Waals surface area contributed by atoms with Crippen molar-refractivity contribution in [2.24, 2.45) is 4.99 Å². The van der Waals surface area contributed by atoms with Gasteiger partial charge in [-0.25, -0.2) is 0 Å². The maximum absolute atomic E-state index is 12.3. The van der Waals surface area contributed by atoms with Crippen LogP contribution in [-0.2, 0) is 0 Å². The zero-order chi connectivity index (χ0) is 17.7. The van der Waals surface area contributed by atoms with Crippen LogP contribution in [0.3, 0.4) is 0 Å². The van der Waals surface area contributed by atoms with Crippen molar-refractivity contribution in [1.82, 2.24) is 10.2 Å². The molecule has 0 unspecified atom stereocenters. The van der Waals surface area contributed by atoms with Gasteiger partial charge in [0.05, 0.1) is 6.42 Å². The fourth-order valence-electron chi connectivity index (χ4n) is 2.89. The molecule has 7 heteroatoms. The number of rotatable bonds is 3.